The molecule has 14 heavy (non-hydrogen) atoms. The molecule has 1 aromatic rings. The minimum atomic E-state index is 0.0588. The summed E-state index contributed by atoms with van der Waals surface area (Å²) in [6.45, 7) is 1.95. The first-order valence-corrected chi connectivity index (χ1v) is 5.00. The second kappa shape index (κ2) is 6.00. The molecule has 5 heteroatoms. The molecule has 0 aliphatic rings. The number of benzene rings is 1. The van der Waals surface area contributed by atoms with Crippen molar-refractivity contribution in [2.45, 2.75) is 17.9 Å². The Morgan fingerprint density at radius 2 is 2.00 bits per heavy atom. The fourth-order valence-electron chi connectivity index (χ4n) is 0.917. The van der Waals surface area contributed by atoms with Crippen molar-refractivity contribution in [3.05, 3.63) is 29.8 Å². The molecule has 0 aliphatic carbocycles. The van der Waals surface area contributed by atoms with Gasteiger partial charge in [-0.3, -0.25) is 0 Å². The largest absolute Gasteiger partial charge is 0.324 e. The standard InChI is InChI=1S/C9H14N2O2S/c1-7(10)8-3-5-9(6-4-8)14-13-12-11-2/h3-7,11H,10H2,1-2H3/t7-/m1/s1. The van der Waals surface area contributed by atoms with Gasteiger partial charge in [0.25, 0.3) is 0 Å². The zero-order valence-corrected chi connectivity index (χ0v) is 9.01. The van der Waals surface area contributed by atoms with Crippen LogP contribution in [0.2, 0.25) is 0 Å². The highest BCUT2D eigenvalue weighted by molar-refractivity contribution is 7.94. The van der Waals surface area contributed by atoms with Gasteiger partial charge in [-0.2, -0.15) is 5.48 Å². The van der Waals surface area contributed by atoms with Crippen molar-refractivity contribution < 1.29 is 9.32 Å². The summed E-state index contributed by atoms with van der Waals surface area (Å²) in [5.74, 6) is 0. The van der Waals surface area contributed by atoms with E-state index in [0.717, 1.165) is 22.5 Å². The summed E-state index contributed by atoms with van der Waals surface area (Å²) in [6.07, 6.45) is 0. The molecule has 0 amide bonds. The molecule has 0 spiro atoms. The van der Waals surface area contributed by atoms with E-state index in [0.29, 0.717) is 0 Å². The Morgan fingerprint density at radius 1 is 1.36 bits per heavy atom. The van der Waals surface area contributed by atoms with Crippen molar-refractivity contribution in [3.63, 3.8) is 0 Å². The van der Waals surface area contributed by atoms with Crippen LogP contribution in [-0.2, 0) is 9.32 Å². The second-order valence-electron chi connectivity index (χ2n) is 2.80. The lowest BCUT2D eigenvalue weighted by molar-refractivity contribution is -0.237. The molecule has 0 heterocycles. The van der Waals surface area contributed by atoms with Crippen LogP contribution in [0.15, 0.2) is 29.2 Å². The lowest BCUT2D eigenvalue weighted by atomic mass is 10.1. The van der Waals surface area contributed by atoms with E-state index in [1.807, 2.05) is 31.2 Å². The molecular weight excluding hydrogens is 200 g/mol. The van der Waals surface area contributed by atoms with E-state index in [-0.39, 0.29) is 6.04 Å². The second-order valence-corrected chi connectivity index (χ2v) is 3.57. The minimum absolute atomic E-state index is 0.0588. The minimum Gasteiger partial charge on any atom is -0.324 e. The smallest absolute Gasteiger partial charge is 0.0702 e. The van der Waals surface area contributed by atoms with Gasteiger partial charge in [-0.1, -0.05) is 12.1 Å². The lowest BCUT2D eigenvalue weighted by Gasteiger charge is -2.05. The number of hydrogen-bond donors (Lipinski definition) is 2. The van der Waals surface area contributed by atoms with Crippen LogP contribution in [0.3, 0.4) is 0 Å². The van der Waals surface area contributed by atoms with E-state index in [1.54, 1.807) is 7.05 Å². The van der Waals surface area contributed by atoms with Crippen LogP contribution in [0.5, 0.6) is 0 Å². The Labute approximate surface area is 87.9 Å². The van der Waals surface area contributed by atoms with E-state index in [2.05, 4.69) is 10.5 Å². The maximum atomic E-state index is 5.71. The fraction of sp³-hybridized carbons (Fsp3) is 0.333. The van der Waals surface area contributed by atoms with E-state index < -0.39 is 0 Å². The van der Waals surface area contributed by atoms with Crippen LogP contribution in [0.25, 0.3) is 0 Å². The SMILES string of the molecule is CNOOSc1ccc([C@@H](C)N)cc1. The van der Waals surface area contributed by atoms with Crippen molar-refractivity contribution >= 4 is 12.0 Å². The van der Waals surface area contributed by atoms with Crippen molar-refractivity contribution in [2.24, 2.45) is 5.73 Å². The normalized spacial score (nSPS) is 12.8. The van der Waals surface area contributed by atoms with Gasteiger partial charge in [0.05, 0.1) is 12.0 Å². The predicted octanol–water partition coefficient (Wildman–Crippen LogP) is 1.80. The van der Waals surface area contributed by atoms with Gasteiger partial charge in [0.1, 0.15) is 0 Å². The quantitative estimate of drug-likeness (QED) is 0.339. The highest BCUT2D eigenvalue weighted by Gasteiger charge is 2.00. The number of nitrogens with one attached hydrogen (secondary N) is 1. The first-order valence-electron chi connectivity index (χ1n) is 4.26. The zero-order chi connectivity index (χ0) is 10.4. The summed E-state index contributed by atoms with van der Waals surface area (Å²) in [4.78, 5) is 5.47. The van der Waals surface area contributed by atoms with Crippen LogP contribution < -0.4 is 11.2 Å². The summed E-state index contributed by atoms with van der Waals surface area (Å²) < 4.78 is 4.74. The van der Waals surface area contributed by atoms with Crippen molar-refractivity contribution in [1.82, 2.24) is 5.48 Å². The third kappa shape index (κ3) is 3.65. The van der Waals surface area contributed by atoms with Gasteiger partial charge in [0.15, 0.2) is 0 Å². The van der Waals surface area contributed by atoms with Crippen molar-refractivity contribution in [1.29, 1.82) is 0 Å². The summed E-state index contributed by atoms with van der Waals surface area (Å²) in [6, 6.07) is 7.86. The Hall–Kier alpha value is -0.590. The average molecular weight is 214 g/mol. The van der Waals surface area contributed by atoms with Crippen molar-refractivity contribution in [2.75, 3.05) is 7.05 Å². The summed E-state index contributed by atoms with van der Waals surface area (Å²) in [5, 5.41) is 0. The zero-order valence-electron chi connectivity index (χ0n) is 8.19. The van der Waals surface area contributed by atoms with E-state index in [9.17, 15) is 0 Å². The maximum absolute atomic E-state index is 5.71. The molecule has 1 aromatic carbocycles. The van der Waals surface area contributed by atoms with Crippen LogP contribution in [-0.4, -0.2) is 7.05 Å². The number of hydrogen-bond acceptors (Lipinski definition) is 5. The molecule has 0 unspecified atom stereocenters. The molecule has 78 valence electrons. The first kappa shape index (κ1) is 11.5. The third-order valence-corrected chi connectivity index (χ3v) is 2.25. The van der Waals surface area contributed by atoms with Crippen LogP contribution in [0, 0.1) is 0 Å². The summed E-state index contributed by atoms with van der Waals surface area (Å²) >= 11 is 1.14. The molecule has 0 fully saturated rings. The fourth-order valence-corrected chi connectivity index (χ4v) is 1.35. The van der Waals surface area contributed by atoms with Gasteiger partial charge in [-0.25, -0.2) is 0 Å². The van der Waals surface area contributed by atoms with Crippen molar-refractivity contribution in [3.8, 4) is 0 Å². The van der Waals surface area contributed by atoms with E-state index >= 15 is 0 Å². The maximum Gasteiger partial charge on any atom is 0.0702 e. The molecule has 0 aromatic heterocycles. The van der Waals surface area contributed by atoms with E-state index in [4.69, 9.17) is 10.1 Å². The van der Waals surface area contributed by atoms with Gasteiger partial charge in [-0.05, 0) is 24.6 Å². The highest BCUT2D eigenvalue weighted by atomic mass is 32.2. The Bertz CT molecular complexity index is 264. The summed E-state index contributed by atoms with van der Waals surface area (Å²) in [5.41, 5.74) is 9.22. The van der Waals surface area contributed by atoms with Gasteiger partial charge >= 0.3 is 0 Å². The first-order chi connectivity index (χ1) is 6.74. The van der Waals surface area contributed by atoms with E-state index in [1.165, 1.54) is 0 Å². The molecule has 1 atom stereocenters. The Balaban J connectivity index is 2.47. The van der Waals surface area contributed by atoms with Crippen LogP contribution in [0.4, 0.5) is 0 Å². The van der Waals surface area contributed by atoms with Gasteiger partial charge in [-0.15, -0.1) is 9.32 Å². The topological polar surface area (TPSA) is 56.5 Å². The number of rotatable bonds is 5. The van der Waals surface area contributed by atoms with Gasteiger partial charge in [0, 0.05) is 18.0 Å². The molecule has 1 rings (SSSR count). The number of nitrogens with two attached hydrogens (primary N) is 1. The monoisotopic (exact) mass is 214 g/mol. The molecule has 0 radical (unpaired) electrons. The van der Waals surface area contributed by atoms with Gasteiger partial charge in [0.2, 0.25) is 0 Å². The average Bonchev–Trinajstić information content (AvgIpc) is 2.19. The molecule has 4 nitrogen and oxygen atoms in total. The predicted molar refractivity (Wildman–Crippen MR) is 56.1 cm³/mol. The molecule has 0 saturated carbocycles. The Kier molecular flexibility index (Phi) is 4.92. The molecule has 3 N–H and O–H groups in total. The van der Waals surface area contributed by atoms with Crippen LogP contribution in [0.1, 0.15) is 18.5 Å². The Morgan fingerprint density at radius 3 is 2.50 bits per heavy atom. The summed E-state index contributed by atoms with van der Waals surface area (Å²) in [7, 11) is 1.62. The molecule has 0 saturated heterocycles. The number of hydroxylamine groups is 1. The molecule has 0 bridgehead atoms. The third-order valence-electron chi connectivity index (χ3n) is 1.65. The lowest BCUT2D eigenvalue weighted by Crippen LogP contribution is -2.05. The highest BCUT2D eigenvalue weighted by Crippen LogP contribution is 2.20. The van der Waals surface area contributed by atoms with Crippen LogP contribution >= 0.6 is 12.0 Å². The van der Waals surface area contributed by atoms with Gasteiger partial charge < -0.3 is 5.73 Å². The molecule has 0 aliphatic heterocycles. The molecular formula is C9H14N2O2S.